The van der Waals surface area contributed by atoms with Gasteiger partial charge in [-0.15, -0.1) is 13.2 Å². The minimum absolute atomic E-state index is 0.0125. The van der Waals surface area contributed by atoms with E-state index in [-0.39, 0.29) is 33.9 Å². The molecule has 1 fully saturated rings. The Kier molecular flexibility index (Phi) is 16.0. The van der Waals surface area contributed by atoms with E-state index < -0.39 is 17.5 Å². The third kappa shape index (κ3) is 10.3. The van der Waals surface area contributed by atoms with Gasteiger partial charge in [-0.2, -0.15) is 0 Å². The normalized spacial score (nSPS) is 12.9. The van der Waals surface area contributed by atoms with Crippen LogP contribution in [-0.4, -0.2) is 82.4 Å². The summed E-state index contributed by atoms with van der Waals surface area (Å²) in [4.78, 5) is 30.8. The summed E-state index contributed by atoms with van der Waals surface area (Å²) in [6.45, 7) is 23.2. The number of rotatable bonds is 8. The zero-order valence-corrected chi connectivity index (χ0v) is 29.2. The number of aromatic nitrogens is 3. The van der Waals surface area contributed by atoms with Crippen molar-refractivity contribution in [3.05, 3.63) is 84.3 Å². The first-order valence-corrected chi connectivity index (χ1v) is 16.2. The van der Waals surface area contributed by atoms with E-state index in [0.29, 0.717) is 17.9 Å². The highest BCUT2D eigenvalue weighted by atomic mass is 19.1. The number of carbonyl (C=O) groups excluding carboxylic acids is 1. The minimum Gasteiger partial charge on any atom is -0.435 e. The summed E-state index contributed by atoms with van der Waals surface area (Å²) in [5.74, 6) is -2.23. The van der Waals surface area contributed by atoms with Gasteiger partial charge in [0.1, 0.15) is 11.9 Å². The van der Waals surface area contributed by atoms with Gasteiger partial charge < -0.3 is 24.8 Å². The van der Waals surface area contributed by atoms with Crippen LogP contribution < -0.4 is 10.1 Å². The van der Waals surface area contributed by atoms with E-state index in [0.717, 1.165) is 38.8 Å². The molecule has 2 N–H and O–H groups in total. The smallest absolute Gasteiger partial charge is 0.262 e. The molecule has 0 bridgehead atoms. The van der Waals surface area contributed by atoms with Gasteiger partial charge in [-0.3, -0.25) is 9.69 Å². The lowest BCUT2D eigenvalue weighted by atomic mass is 10.1. The molecule has 0 radical (unpaired) electrons. The molecule has 1 aliphatic rings. The predicted molar refractivity (Wildman–Crippen MR) is 189 cm³/mol. The van der Waals surface area contributed by atoms with Crippen molar-refractivity contribution in [2.75, 3.05) is 52.1 Å². The van der Waals surface area contributed by atoms with Gasteiger partial charge in [0.25, 0.3) is 5.91 Å². The quantitative estimate of drug-likeness (QED) is 0.186. The van der Waals surface area contributed by atoms with Gasteiger partial charge in [0.15, 0.2) is 23.2 Å². The van der Waals surface area contributed by atoms with E-state index in [4.69, 9.17) is 4.74 Å². The minimum atomic E-state index is -0.757. The molecule has 5 rings (SSSR count). The number of amides is 1. The molecule has 9 nitrogen and oxygen atoms in total. The molecule has 0 unspecified atom stereocenters. The standard InChI is InChI=1S/C29H33F2N7O2.C3H8.C2H6.C2H4/c1-5-37(4)29(39)24-27(35-20-8-6-19(7-9-20)16-38-12-10-36(3)11-13-38)32-17-33-28(24)40-23-15-22(30)26-21(25(23)31)14-18(2)34-26;1-3-2;2*1-2/h6-9,14-15,17,34H,5,10-13,16H2,1-4H3,(H,32,33,35);3H2,1-2H3;1-2H3;1-2H2. The van der Waals surface area contributed by atoms with Gasteiger partial charge in [0, 0.05) is 69.2 Å². The Morgan fingerprint density at radius 3 is 2.26 bits per heavy atom. The number of nitrogens with one attached hydrogen (secondary N) is 2. The van der Waals surface area contributed by atoms with E-state index in [1.54, 1.807) is 14.0 Å². The molecule has 0 atom stereocenters. The Balaban J connectivity index is 0.00000102. The van der Waals surface area contributed by atoms with Crippen molar-refractivity contribution in [1.29, 1.82) is 0 Å². The summed E-state index contributed by atoms with van der Waals surface area (Å²) in [6, 6.07) is 10.3. The molecule has 47 heavy (non-hydrogen) atoms. The first-order valence-electron chi connectivity index (χ1n) is 16.2. The van der Waals surface area contributed by atoms with Crippen molar-refractivity contribution in [3.63, 3.8) is 0 Å². The largest absolute Gasteiger partial charge is 0.435 e. The number of benzene rings is 2. The van der Waals surface area contributed by atoms with E-state index >= 15 is 4.39 Å². The van der Waals surface area contributed by atoms with E-state index in [1.165, 1.54) is 29.3 Å². The second kappa shape index (κ2) is 19.3. The van der Waals surface area contributed by atoms with Gasteiger partial charge in [-0.25, -0.2) is 18.7 Å². The maximum atomic E-state index is 15.3. The molecular formula is C36H51F2N7O2. The van der Waals surface area contributed by atoms with E-state index in [1.807, 2.05) is 45.0 Å². The van der Waals surface area contributed by atoms with Gasteiger partial charge in [-0.05, 0) is 44.7 Å². The van der Waals surface area contributed by atoms with Crippen LogP contribution in [0.15, 0.2) is 55.9 Å². The van der Waals surface area contributed by atoms with Gasteiger partial charge in [0.05, 0.1) is 5.52 Å². The average molecular weight is 652 g/mol. The van der Waals surface area contributed by atoms with E-state index in [9.17, 15) is 9.18 Å². The summed E-state index contributed by atoms with van der Waals surface area (Å²) < 4.78 is 35.8. The summed E-state index contributed by atoms with van der Waals surface area (Å²) in [7, 11) is 3.76. The molecule has 256 valence electrons. The maximum Gasteiger partial charge on any atom is 0.262 e. The molecule has 0 spiro atoms. The Morgan fingerprint density at radius 1 is 1.04 bits per heavy atom. The highest BCUT2D eigenvalue weighted by molar-refractivity contribution is 6.01. The van der Waals surface area contributed by atoms with Crippen molar-refractivity contribution >= 4 is 28.3 Å². The molecule has 1 saturated heterocycles. The van der Waals surface area contributed by atoms with Crippen molar-refractivity contribution in [2.45, 2.75) is 54.5 Å². The van der Waals surface area contributed by atoms with Crippen LogP contribution in [0.4, 0.5) is 20.3 Å². The topological polar surface area (TPSA) is 89.6 Å². The number of H-pyrrole nitrogens is 1. The fourth-order valence-corrected chi connectivity index (χ4v) is 4.68. The zero-order chi connectivity index (χ0) is 35.1. The predicted octanol–water partition coefficient (Wildman–Crippen LogP) is 8.16. The van der Waals surface area contributed by atoms with Crippen molar-refractivity contribution in [3.8, 4) is 11.6 Å². The SMILES string of the molecule is C=C.CC.CCC.CCN(C)C(=O)c1c(Nc2ccc(CN3CCN(C)CC3)cc2)ncnc1Oc1cc(F)c2[nH]c(C)cc2c1F. The summed E-state index contributed by atoms with van der Waals surface area (Å²) in [5.41, 5.74) is 2.55. The number of carbonyl (C=O) groups is 1. The van der Waals surface area contributed by atoms with Crippen LogP contribution in [0.1, 0.15) is 62.7 Å². The average Bonchev–Trinajstić information content (AvgIpc) is 3.49. The molecule has 1 aliphatic heterocycles. The summed E-state index contributed by atoms with van der Waals surface area (Å²) in [5, 5.41) is 3.23. The maximum absolute atomic E-state index is 15.3. The van der Waals surface area contributed by atoms with Crippen LogP contribution in [0.2, 0.25) is 0 Å². The van der Waals surface area contributed by atoms with Crippen LogP contribution in [0, 0.1) is 18.6 Å². The Labute approximate surface area is 278 Å². The third-order valence-electron chi connectivity index (χ3n) is 7.17. The van der Waals surface area contributed by atoms with E-state index in [2.05, 4.69) is 64.1 Å². The second-order valence-corrected chi connectivity index (χ2v) is 10.8. The monoisotopic (exact) mass is 651 g/mol. The Bertz CT molecular complexity index is 1550. The number of aromatic amines is 1. The zero-order valence-electron chi connectivity index (χ0n) is 29.2. The number of halogens is 2. The van der Waals surface area contributed by atoms with Crippen LogP contribution in [0.3, 0.4) is 0 Å². The number of nitrogens with zero attached hydrogens (tertiary/aromatic N) is 5. The molecule has 4 aromatic rings. The van der Waals surface area contributed by atoms with Crippen molar-refractivity contribution in [1.82, 2.24) is 29.7 Å². The molecule has 1 amide bonds. The van der Waals surface area contributed by atoms with Crippen LogP contribution >= 0.6 is 0 Å². The second-order valence-electron chi connectivity index (χ2n) is 10.8. The van der Waals surface area contributed by atoms with Gasteiger partial charge >= 0.3 is 0 Å². The summed E-state index contributed by atoms with van der Waals surface area (Å²) in [6.07, 6.45) is 2.47. The summed E-state index contributed by atoms with van der Waals surface area (Å²) >= 11 is 0. The van der Waals surface area contributed by atoms with Crippen molar-refractivity contribution < 1.29 is 18.3 Å². The molecule has 0 saturated carbocycles. The van der Waals surface area contributed by atoms with Gasteiger partial charge in [-0.1, -0.05) is 46.2 Å². The van der Waals surface area contributed by atoms with Crippen molar-refractivity contribution in [2.24, 2.45) is 0 Å². The fraction of sp³-hybridized carbons (Fsp3) is 0.417. The van der Waals surface area contributed by atoms with Crippen LogP contribution in [-0.2, 0) is 6.54 Å². The number of aryl methyl sites for hydroxylation is 1. The molecule has 2 aromatic heterocycles. The lowest BCUT2D eigenvalue weighted by Crippen LogP contribution is -2.43. The molecule has 2 aromatic carbocycles. The highest BCUT2D eigenvalue weighted by Gasteiger charge is 2.26. The van der Waals surface area contributed by atoms with Crippen LogP contribution in [0.25, 0.3) is 10.9 Å². The molecule has 3 heterocycles. The number of anilines is 2. The fourth-order valence-electron chi connectivity index (χ4n) is 4.68. The lowest BCUT2D eigenvalue weighted by molar-refractivity contribution is 0.0799. The molecule has 0 aliphatic carbocycles. The number of fused-ring (bicyclic) bond motifs is 1. The first-order chi connectivity index (χ1) is 22.6. The Morgan fingerprint density at radius 2 is 1.66 bits per heavy atom. The molecular weight excluding hydrogens is 600 g/mol. The number of likely N-dealkylation sites (N-methyl/N-ethyl adjacent to an activating group) is 1. The number of piperazine rings is 1. The Hall–Kier alpha value is -4.35. The lowest BCUT2D eigenvalue weighted by Gasteiger charge is -2.32. The molecule has 11 heteroatoms. The number of ether oxygens (including phenoxy) is 1. The van der Waals surface area contributed by atoms with Gasteiger partial charge in [0.2, 0.25) is 5.88 Å². The van der Waals surface area contributed by atoms with Crippen LogP contribution in [0.5, 0.6) is 11.6 Å². The highest BCUT2D eigenvalue weighted by Crippen LogP contribution is 2.35. The number of hydrogen-bond acceptors (Lipinski definition) is 7. The third-order valence-corrected chi connectivity index (χ3v) is 7.17. The number of hydrogen-bond donors (Lipinski definition) is 2. The first kappa shape index (κ1) is 38.8.